The average molecular weight is 524 g/mol. The fraction of sp³-hybridized carbons (Fsp3) is 0.133. The molecule has 8 heteroatoms. The van der Waals surface area contributed by atoms with E-state index in [1.54, 1.807) is 12.1 Å². The first kappa shape index (κ1) is 25.2. The maximum atomic E-state index is 12.4. The topological polar surface area (TPSA) is 100 Å². The van der Waals surface area contributed by atoms with Crippen molar-refractivity contribution in [2.24, 2.45) is 10.2 Å². The molecular weight excluding hydrogens is 498 g/mol. The van der Waals surface area contributed by atoms with Gasteiger partial charge in [0.05, 0.1) is 17.1 Å². The molecule has 4 aromatic carbocycles. The van der Waals surface area contributed by atoms with Crippen LogP contribution in [0.5, 0.6) is 0 Å². The van der Waals surface area contributed by atoms with Crippen molar-refractivity contribution in [3.63, 3.8) is 0 Å². The van der Waals surface area contributed by atoms with Gasteiger partial charge in [-0.05, 0) is 64.2 Å². The van der Waals surface area contributed by atoms with Gasteiger partial charge in [-0.25, -0.2) is 4.79 Å². The average Bonchev–Trinajstić information content (AvgIpc) is 3.27. The Labute approximate surface area is 224 Å². The Morgan fingerprint density at radius 3 is 1.92 bits per heavy atom. The number of fused-ring (bicyclic) bond motifs is 3. The molecule has 0 saturated carbocycles. The summed E-state index contributed by atoms with van der Waals surface area (Å²) in [5.41, 5.74) is 7.02. The number of aliphatic carboxylic acids is 1. The Kier molecular flexibility index (Phi) is 7.80. The molecule has 0 bridgehead atoms. The molecule has 190 valence electrons. The van der Waals surface area contributed by atoms with E-state index in [0.717, 1.165) is 10.5 Å². The Morgan fingerprint density at radius 1 is 0.789 bits per heavy atom. The second kappa shape index (κ2) is 11.7. The normalized spacial score (nSPS) is 12.2. The maximum Gasteiger partial charge on any atom is 0.407 e. The van der Waals surface area contributed by atoms with Gasteiger partial charge in [-0.3, -0.25) is 4.79 Å². The SMILES string of the molecule is O=C(O)CSc1ccc(N=Nc2ccc(CNC(=O)OCC3c4ccccc4-c4ccccc43)cc2)cc1. The monoisotopic (exact) mass is 523 g/mol. The van der Waals surface area contributed by atoms with E-state index in [0.29, 0.717) is 17.9 Å². The first-order valence-electron chi connectivity index (χ1n) is 12.1. The number of amides is 1. The third kappa shape index (κ3) is 6.10. The molecule has 0 saturated heterocycles. The minimum absolute atomic E-state index is 0.0172. The zero-order valence-electron chi connectivity index (χ0n) is 20.4. The molecule has 1 amide bonds. The number of rotatable bonds is 9. The zero-order chi connectivity index (χ0) is 26.3. The number of hydrogen-bond acceptors (Lipinski definition) is 6. The number of carboxylic acid groups (broad SMARTS) is 1. The fourth-order valence-electron chi connectivity index (χ4n) is 4.37. The summed E-state index contributed by atoms with van der Waals surface area (Å²) in [6, 6.07) is 31.1. The van der Waals surface area contributed by atoms with Crippen molar-refractivity contribution in [1.82, 2.24) is 5.32 Å². The van der Waals surface area contributed by atoms with Crippen LogP contribution in [0.2, 0.25) is 0 Å². The van der Waals surface area contributed by atoms with E-state index in [-0.39, 0.29) is 18.3 Å². The third-order valence-electron chi connectivity index (χ3n) is 6.20. The number of alkyl carbamates (subject to hydrolysis) is 1. The number of hydrogen-bond donors (Lipinski definition) is 2. The molecule has 1 aliphatic carbocycles. The van der Waals surface area contributed by atoms with Crippen molar-refractivity contribution in [1.29, 1.82) is 0 Å². The second-order valence-electron chi connectivity index (χ2n) is 8.72. The van der Waals surface area contributed by atoms with Crippen molar-refractivity contribution >= 4 is 35.2 Å². The Balaban J connectivity index is 1.11. The quantitative estimate of drug-likeness (QED) is 0.177. The molecule has 0 spiro atoms. The van der Waals surface area contributed by atoms with Gasteiger partial charge in [0.15, 0.2) is 0 Å². The van der Waals surface area contributed by atoms with Crippen molar-refractivity contribution in [2.75, 3.05) is 12.4 Å². The lowest BCUT2D eigenvalue weighted by molar-refractivity contribution is -0.133. The highest BCUT2D eigenvalue weighted by Crippen LogP contribution is 2.44. The van der Waals surface area contributed by atoms with E-state index in [9.17, 15) is 9.59 Å². The summed E-state index contributed by atoms with van der Waals surface area (Å²) in [7, 11) is 0. The first-order chi connectivity index (χ1) is 18.6. The maximum absolute atomic E-state index is 12.4. The lowest BCUT2D eigenvalue weighted by Gasteiger charge is -2.14. The van der Waals surface area contributed by atoms with Crippen LogP contribution in [0.15, 0.2) is 112 Å². The van der Waals surface area contributed by atoms with Crippen molar-refractivity contribution in [3.05, 3.63) is 114 Å². The summed E-state index contributed by atoms with van der Waals surface area (Å²) >= 11 is 1.25. The van der Waals surface area contributed by atoms with Crippen LogP contribution in [0.1, 0.15) is 22.6 Å². The highest BCUT2D eigenvalue weighted by Gasteiger charge is 2.28. The highest BCUT2D eigenvalue weighted by atomic mass is 32.2. The van der Waals surface area contributed by atoms with Gasteiger partial charge in [0, 0.05) is 17.4 Å². The van der Waals surface area contributed by atoms with Crippen LogP contribution in [-0.2, 0) is 16.1 Å². The van der Waals surface area contributed by atoms with E-state index in [4.69, 9.17) is 9.84 Å². The molecule has 0 aliphatic heterocycles. The van der Waals surface area contributed by atoms with Crippen LogP contribution in [0, 0.1) is 0 Å². The molecule has 2 N–H and O–H groups in total. The largest absolute Gasteiger partial charge is 0.481 e. The lowest BCUT2D eigenvalue weighted by Crippen LogP contribution is -2.25. The minimum atomic E-state index is -0.851. The molecule has 5 rings (SSSR count). The predicted molar refractivity (Wildman–Crippen MR) is 147 cm³/mol. The summed E-state index contributed by atoms with van der Waals surface area (Å²) in [6.07, 6.45) is -0.458. The Hall–Kier alpha value is -4.43. The molecule has 0 aromatic heterocycles. The fourth-order valence-corrected chi connectivity index (χ4v) is 4.99. The van der Waals surface area contributed by atoms with Gasteiger partial charge in [-0.15, -0.1) is 11.8 Å². The number of carbonyl (C=O) groups is 2. The number of nitrogens with one attached hydrogen (secondary N) is 1. The van der Waals surface area contributed by atoms with Gasteiger partial charge >= 0.3 is 12.1 Å². The third-order valence-corrected chi connectivity index (χ3v) is 7.19. The lowest BCUT2D eigenvalue weighted by atomic mass is 9.98. The number of carboxylic acids is 1. The number of ether oxygens (including phenoxy) is 1. The standard InChI is InChI=1S/C30H25N3O4S/c34-29(35)19-38-23-15-13-22(14-16-23)33-32-21-11-9-20(10-12-21)17-31-30(36)37-18-28-26-7-3-1-5-24(26)25-6-2-4-8-27(25)28/h1-16,28H,17-19H2,(H,31,36)(H,34,35). The smallest absolute Gasteiger partial charge is 0.407 e. The van der Waals surface area contributed by atoms with Gasteiger partial charge in [-0.1, -0.05) is 60.7 Å². The van der Waals surface area contributed by atoms with Crippen molar-refractivity contribution < 1.29 is 19.4 Å². The molecule has 0 atom stereocenters. The summed E-state index contributed by atoms with van der Waals surface area (Å²) < 4.78 is 5.59. The molecule has 4 aromatic rings. The number of carbonyl (C=O) groups excluding carboxylic acids is 1. The van der Waals surface area contributed by atoms with Gasteiger partial charge in [0.2, 0.25) is 0 Å². The first-order valence-corrected chi connectivity index (χ1v) is 13.1. The van der Waals surface area contributed by atoms with E-state index in [1.165, 1.54) is 34.0 Å². The number of nitrogens with zero attached hydrogens (tertiary/aromatic N) is 2. The number of azo groups is 1. The van der Waals surface area contributed by atoms with Crippen molar-refractivity contribution in [3.8, 4) is 11.1 Å². The van der Waals surface area contributed by atoms with E-state index < -0.39 is 12.1 Å². The Bertz CT molecular complexity index is 1420. The molecular formula is C30H25N3O4S. The molecule has 0 unspecified atom stereocenters. The molecule has 38 heavy (non-hydrogen) atoms. The molecule has 7 nitrogen and oxygen atoms in total. The molecule has 0 heterocycles. The van der Waals surface area contributed by atoms with Crippen LogP contribution < -0.4 is 5.32 Å². The Morgan fingerprint density at radius 2 is 1.34 bits per heavy atom. The summed E-state index contributed by atoms with van der Waals surface area (Å²) in [5, 5.41) is 20.0. The molecule has 0 fully saturated rings. The summed E-state index contributed by atoms with van der Waals surface area (Å²) in [5.74, 6) is -0.809. The summed E-state index contributed by atoms with van der Waals surface area (Å²) in [6.45, 7) is 0.613. The van der Waals surface area contributed by atoms with Gasteiger partial charge in [-0.2, -0.15) is 10.2 Å². The van der Waals surface area contributed by atoms with Crippen LogP contribution in [0.3, 0.4) is 0 Å². The summed E-state index contributed by atoms with van der Waals surface area (Å²) in [4.78, 5) is 24.0. The van der Waals surface area contributed by atoms with Gasteiger partial charge in [0.1, 0.15) is 6.61 Å². The number of benzene rings is 4. The van der Waals surface area contributed by atoms with E-state index in [1.807, 2.05) is 60.7 Å². The molecule has 0 radical (unpaired) electrons. The minimum Gasteiger partial charge on any atom is -0.481 e. The van der Waals surface area contributed by atoms with Crippen molar-refractivity contribution in [2.45, 2.75) is 17.4 Å². The predicted octanol–water partition coefficient (Wildman–Crippen LogP) is 7.32. The van der Waals surface area contributed by atoms with Crippen LogP contribution >= 0.6 is 11.8 Å². The second-order valence-corrected chi connectivity index (χ2v) is 9.77. The van der Waals surface area contributed by atoms with Crippen LogP contribution in [0.25, 0.3) is 11.1 Å². The van der Waals surface area contributed by atoms with Gasteiger partial charge in [0.25, 0.3) is 0 Å². The molecule has 1 aliphatic rings. The van der Waals surface area contributed by atoms with E-state index >= 15 is 0 Å². The number of thioether (sulfide) groups is 1. The highest BCUT2D eigenvalue weighted by molar-refractivity contribution is 8.00. The van der Waals surface area contributed by atoms with Crippen LogP contribution in [-0.4, -0.2) is 29.5 Å². The van der Waals surface area contributed by atoms with Crippen LogP contribution in [0.4, 0.5) is 16.2 Å². The van der Waals surface area contributed by atoms with E-state index in [2.05, 4.69) is 39.8 Å². The zero-order valence-corrected chi connectivity index (χ0v) is 21.2. The van der Waals surface area contributed by atoms with Gasteiger partial charge < -0.3 is 15.2 Å².